The molecule has 1 aromatic heterocycles. The van der Waals surface area contributed by atoms with Crippen molar-refractivity contribution < 1.29 is 4.92 Å². The van der Waals surface area contributed by atoms with Crippen LogP contribution in [0.15, 0.2) is 41.3 Å². The van der Waals surface area contributed by atoms with E-state index in [0.717, 1.165) is 3.57 Å². The lowest BCUT2D eigenvalue weighted by Gasteiger charge is -2.04. The quantitative estimate of drug-likeness (QED) is 0.477. The van der Waals surface area contributed by atoms with Gasteiger partial charge in [-0.2, -0.15) is 5.10 Å². The summed E-state index contributed by atoms with van der Waals surface area (Å²) in [5.74, 6) is 0. The highest BCUT2D eigenvalue weighted by atomic mass is 127. The van der Waals surface area contributed by atoms with Crippen LogP contribution in [0.5, 0.6) is 0 Å². The Kier molecular flexibility index (Phi) is 3.70. The van der Waals surface area contributed by atoms with Crippen molar-refractivity contribution in [3.8, 4) is 0 Å². The summed E-state index contributed by atoms with van der Waals surface area (Å²) in [6.07, 6.45) is 1.54. The van der Waals surface area contributed by atoms with Crippen molar-refractivity contribution in [2.75, 3.05) is 0 Å². The highest BCUT2D eigenvalue weighted by molar-refractivity contribution is 14.1. The van der Waals surface area contributed by atoms with Gasteiger partial charge in [-0.05, 0) is 22.6 Å². The zero-order valence-corrected chi connectivity index (χ0v) is 11.3. The lowest BCUT2D eigenvalue weighted by Crippen LogP contribution is -2.23. The van der Waals surface area contributed by atoms with E-state index in [1.807, 2.05) is 22.6 Å². The van der Waals surface area contributed by atoms with Crippen LogP contribution in [0.3, 0.4) is 0 Å². The van der Waals surface area contributed by atoms with Crippen LogP contribution in [0.25, 0.3) is 0 Å². The Labute approximate surface area is 116 Å². The molecule has 7 heteroatoms. The molecule has 0 amide bonds. The Morgan fingerprint density at radius 2 is 2.11 bits per heavy atom. The number of hydrogen-bond donors (Lipinski definition) is 0. The molecular formula is C11H8IN3O3. The SMILES string of the molecule is O=c1cc(I)cnn1Cc1ccccc1[N+](=O)[O-]. The average molecular weight is 357 g/mol. The molecule has 6 nitrogen and oxygen atoms in total. The number of nitro groups is 1. The van der Waals surface area contributed by atoms with E-state index < -0.39 is 4.92 Å². The lowest BCUT2D eigenvalue weighted by atomic mass is 10.2. The second kappa shape index (κ2) is 5.25. The molecule has 0 spiro atoms. The third-order valence-electron chi connectivity index (χ3n) is 2.34. The maximum absolute atomic E-state index is 11.7. The average Bonchev–Trinajstić information content (AvgIpc) is 2.33. The van der Waals surface area contributed by atoms with Gasteiger partial charge in [-0.25, -0.2) is 4.68 Å². The highest BCUT2D eigenvalue weighted by Crippen LogP contribution is 2.17. The van der Waals surface area contributed by atoms with E-state index >= 15 is 0 Å². The van der Waals surface area contributed by atoms with Gasteiger partial charge in [0.05, 0.1) is 23.2 Å². The number of benzene rings is 1. The fourth-order valence-corrected chi connectivity index (χ4v) is 1.91. The van der Waals surface area contributed by atoms with Crippen LogP contribution in [-0.2, 0) is 6.54 Å². The second-order valence-corrected chi connectivity index (χ2v) is 4.80. The summed E-state index contributed by atoms with van der Waals surface area (Å²) in [5, 5.41) is 14.8. The van der Waals surface area contributed by atoms with E-state index in [1.165, 1.54) is 23.0 Å². The molecule has 0 saturated heterocycles. The second-order valence-electron chi connectivity index (χ2n) is 3.56. The molecule has 18 heavy (non-hydrogen) atoms. The number of nitro benzene ring substituents is 1. The van der Waals surface area contributed by atoms with Gasteiger partial charge in [0.1, 0.15) is 0 Å². The van der Waals surface area contributed by atoms with Gasteiger partial charge in [0.25, 0.3) is 11.2 Å². The Morgan fingerprint density at radius 1 is 1.39 bits per heavy atom. The van der Waals surface area contributed by atoms with Crippen molar-refractivity contribution >= 4 is 28.3 Å². The van der Waals surface area contributed by atoms with Crippen LogP contribution in [0.2, 0.25) is 0 Å². The number of halogens is 1. The highest BCUT2D eigenvalue weighted by Gasteiger charge is 2.13. The predicted molar refractivity (Wildman–Crippen MR) is 73.4 cm³/mol. The van der Waals surface area contributed by atoms with Crippen LogP contribution in [-0.4, -0.2) is 14.7 Å². The number of aromatic nitrogens is 2. The molecule has 0 radical (unpaired) electrons. The lowest BCUT2D eigenvalue weighted by molar-refractivity contribution is -0.385. The van der Waals surface area contributed by atoms with Crippen LogP contribution in [0.4, 0.5) is 5.69 Å². The third-order valence-corrected chi connectivity index (χ3v) is 2.93. The Hall–Kier alpha value is -1.77. The van der Waals surface area contributed by atoms with Gasteiger partial charge < -0.3 is 0 Å². The van der Waals surface area contributed by atoms with Gasteiger partial charge in [-0.15, -0.1) is 0 Å². The maximum atomic E-state index is 11.7. The van der Waals surface area contributed by atoms with Crippen molar-refractivity contribution in [2.45, 2.75) is 6.54 Å². The van der Waals surface area contributed by atoms with Crippen LogP contribution in [0, 0.1) is 13.7 Å². The van der Waals surface area contributed by atoms with Crippen molar-refractivity contribution in [1.82, 2.24) is 9.78 Å². The van der Waals surface area contributed by atoms with E-state index in [9.17, 15) is 14.9 Å². The first-order valence-electron chi connectivity index (χ1n) is 5.03. The first-order valence-corrected chi connectivity index (χ1v) is 6.11. The molecule has 0 atom stereocenters. The van der Waals surface area contributed by atoms with Crippen LogP contribution in [0.1, 0.15) is 5.56 Å². The van der Waals surface area contributed by atoms with Crippen molar-refractivity contribution in [2.24, 2.45) is 0 Å². The Balaban J connectivity index is 2.40. The van der Waals surface area contributed by atoms with Crippen LogP contribution < -0.4 is 5.56 Å². The predicted octanol–water partition coefficient (Wildman–Crippen LogP) is 1.80. The molecule has 0 bridgehead atoms. The van der Waals surface area contributed by atoms with E-state index in [1.54, 1.807) is 18.2 Å². The smallest absolute Gasteiger partial charge is 0.268 e. The first-order chi connectivity index (χ1) is 8.58. The van der Waals surface area contributed by atoms with Gasteiger partial charge in [0.2, 0.25) is 0 Å². The third kappa shape index (κ3) is 2.73. The molecule has 0 aliphatic carbocycles. The molecule has 0 fully saturated rings. The molecule has 0 N–H and O–H groups in total. The number of hydrogen-bond acceptors (Lipinski definition) is 4. The topological polar surface area (TPSA) is 78.0 Å². The van der Waals surface area contributed by atoms with Crippen molar-refractivity contribution in [3.63, 3.8) is 0 Å². The number of para-hydroxylation sites is 1. The van der Waals surface area contributed by atoms with Gasteiger partial charge in [0, 0.05) is 15.7 Å². The van der Waals surface area contributed by atoms with Crippen molar-refractivity contribution in [3.05, 3.63) is 66.1 Å². The summed E-state index contributed by atoms with van der Waals surface area (Å²) in [5.41, 5.74) is 0.170. The molecule has 2 rings (SSSR count). The molecule has 0 aliphatic heterocycles. The zero-order valence-electron chi connectivity index (χ0n) is 9.12. The minimum Gasteiger partial charge on any atom is -0.268 e. The minimum absolute atomic E-state index is 0.00949. The summed E-state index contributed by atoms with van der Waals surface area (Å²) in [6.45, 7) is 0.0902. The van der Waals surface area contributed by atoms with E-state index in [-0.39, 0.29) is 17.8 Å². The van der Waals surface area contributed by atoms with E-state index in [4.69, 9.17) is 0 Å². The molecule has 1 heterocycles. The monoisotopic (exact) mass is 357 g/mol. The molecule has 2 aromatic rings. The molecule has 92 valence electrons. The summed E-state index contributed by atoms with van der Waals surface area (Å²) in [7, 11) is 0. The fraction of sp³-hybridized carbons (Fsp3) is 0.0909. The summed E-state index contributed by atoms with van der Waals surface area (Å²) >= 11 is 1.99. The Bertz CT molecular complexity index is 654. The first kappa shape index (κ1) is 12.7. The van der Waals surface area contributed by atoms with E-state index in [2.05, 4.69) is 5.10 Å². The van der Waals surface area contributed by atoms with Gasteiger partial charge >= 0.3 is 0 Å². The summed E-state index contributed by atoms with van der Waals surface area (Å²) < 4.78 is 1.93. The zero-order chi connectivity index (χ0) is 13.1. The normalized spacial score (nSPS) is 10.3. The number of rotatable bonds is 3. The maximum Gasteiger partial charge on any atom is 0.274 e. The molecule has 0 unspecified atom stereocenters. The standard InChI is InChI=1S/C11H8IN3O3/c12-9-5-11(16)14(13-6-9)7-8-3-1-2-4-10(8)15(17)18/h1-6H,7H2. The van der Waals surface area contributed by atoms with E-state index in [0.29, 0.717) is 5.56 Å². The van der Waals surface area contributed by atoms with Gasteiger partial charge in [-0.1, -0.05) is 18.2 Å². The molecule has 0 aliphatic rings. The molecule has 0 saturated carbocycles. The summed E-state index contributed by atoms with van der Waals surface area (Å²) in [4.78, 5) is 22.0. The largest absolute Gasteiger partial charge is 0.274 e. The summed E-state index contributed by atoms with van der Waals surface area (Å²) in [6, 6.07) is 7.74. The fourth-order valence-electron chi connectivity index (χ4n) is 1.51. The van der Waals surface area contributed by atoms with Crippen molar-refractivity contribution in [1.29, 1.82) is 0 Å². The van der Waals surface area contributed by atoms with Gasteiger partial charge in [0.15, 0.2) is 0 Å². The van der Waals surface area contributed by atoms with Crippen LogP contribution >= 0.6 is 22.6 Å². The number of nitrogens with zero attached hydrogens (tertiary/aromatic N) is 3. The Morgan fingerprint density at radius 3 is 2.78 bits per heavy atom. The molecular weight excluding hydrogens is 349 g/mol. The van der Waals surface area contributed by atoms with Gasteiger partial charge in [-0.3, -0.25) is 14.9 Å². The minimum atomic E-state index is -0.465. The molecule has 1 aromatic carbocycles.